The highest BCUT2D eigenvalue weighted by molar-refractivity contribution is 5.75. The maximum Gasteiger partial charge on any atom is 0.107 e. The van der Waals surface area contributed by atoms with Gasteiger partial charge < -0.3 is 4.98 Å². The van der Waals surface area contributed by atoms with Crippen LogP contribution in [-0.4, -0.2) is 9.97 Å². The van der Waals surface area contributed by atoms with Gasteiger partial charge in [0.05, 0.1) is 11.0 Å². The molecule has 0 spiro atoms. The van der Waals surface area contributed by atoms with Crippen LogP contribution in [0.5, 0.6) is 0 Å². The van der Waals surface area contributed by atoms with E-state index >= 15 is 0 Å². The van der Waals surface area contributed by atoms with Gasteiger partial charge in [0.2, 0.25) is 0 Å². The first-order valence-electron chi connectivity index (χ1n) is 6.76. The summed E-state index contributed by atoms with van der Waals surface area (Å²) in [6.45, 7) is 2.13. The van der Waals surface area contributed by atoms with E-state index in [1.54, 1.807) is 0 Å². The minimum atomic E-state index is 0.852. The lowest BCUT2D eigenvalue weighted by Gasteiger charge is -2.20. The van der Waals surface area contributed by atoms with Crippen LogP contribution in [-0.2, 0) is 6.42 Å². The fraction of sp³-hybridized carbons (Fsp3) is 0.533. The number of aryl methyl sites for hydroxylation is 1. The molecule has 1 aromatic carbocycles. The van der Waals surface area contributed by atoms with Crippen LogP contribution in [0.15, 0.2) is 18.2 Å². The van der Waals surface area contributed by atoms with Gasteiger partial charge >= 0.3 is 0 Å². The first kappa shape index (κ1) is 10.8. The first-order valence-corrected chi connectivity index (χ1v) is 6.76. The van der Waals surface area contributed by atoms with Crippen molar-refractivity contribution in [3.05, 3.63) is 29.6 Å². The zero-order chi connectivity index (χ0) is 11.7. The summed E-state index contributed by atoms with van der Waals surface area (Å²) in [7, 11) is 0. The third kappa shape index (κ3) is 2.36. The van der Waals surface area contributed by atoms with Crippen LogP contribution in [0, 0.1) is 12.8 Å². The third-order valence-corrected chi connectivity index (χ3v) is 3.89. The second-order valence-electron chi connectivity index (χ2n) is 5.41. The standard InChI is InChI=1S/C15H20N2/c1-11-7-8-13-14(9-11)17-15(16-13)10-12-5-3-2-4-6-12/h7-9,12H,2-6,10H2,1H3,(H,16,17). The maximum atomic E-state index is 4.69. The highest BCUT2D eigenvalue weighted by Crippen LogP contribution is 2.26. The van der Waals surface area contributed by atoms with Crippen molar-refractivity contribution >= 4 is 11.0 Å². The van der Waals surface area contributed by atoms with Crippen molar-refractivity contribution < 1.29 is 0 Å². The molecule has 0 unspecified atom stereocenters. The smallest absolute Gasteiger partial charge is 0.107 e. The Morgan fingerprint density at radius 1 is 1.24 bits per heavy atom. The van der Waals surface area contributed by atoms with Crippen LogP contribution < -0.4 is 0 Å². The summed E-state index contributed by atoms with van der Waals surface area (Å²) in [4.78, 5) is 8.16. The Bertz CT molecular complexity index is 507. The molecule has 0 radical (unpaired) electrons. The van der Waals surface area contributed by atoms with Gasteiger partial charge in [-0.1, -0.05) is 38.2 Å². The van der Waals surface area contributed by atoms with Crippen LogP contribution in [0.2, 0.25) is 0 Å². The van der Waals surface area contributed by atoms with Gasteiger partial charge in [0.25, 0.3) is 0 Å². The number of hydrogen-bond donors (Lipinski definition) is 1. The van der Waals surface area contributed by atoms with Gasteiger partial charge in [0.1, 0.15) is 5.82 Å². The van der Waals surface area contributed by atoms with Gasteiger partial charge in [0, 0.05) is 6.42 Å². The minimum absolute atomic E-state index is 0.852. The molecule has 0 aliphatic heterocycles. The molecule has 1 aliphatic carbocycles. The zero-order valence-electron chi connectivity index (χ0n) is 10.5. The number of aromatic nitrogens is 2. The van der Waals surface area contributed by atoms with Gasteiger partial charge in [-0.2, -0.15) is 0 Å². The molecule has 90 valence electrons. The van der Waals surface area contributed by atoms with E-state index in [1.807, 2.05) is 0 Å². The molecule has 0 amide bonds. The van der Waals surface area contributed by atoms with E-state index in [4.69, 9.17) is 4.98 Å². The molecule has 1 aromatic heterocycles. The van der Waals surface area contributed by atoms with Crippen LogP contribution in [0.25, 0.3) is 11.0 Å². The molecule has 0 saturated heterocycles. The first-order chi connectivity index (χ1) is 8.31. The van der Waals surface area contributed by atoms with Crippen molar-refractivity contribution in [3.63, 3.8) is 0 Å². The number of hydrogen-bond acceptors (Lipinski definition) is 1. The fourth-order valence-corrected chi connectivity index (χ4v) is 2.94. The Labute approximate surface area is 102 Å². The summed E-state index contributed by atoms with van der Waals surface area (Å²) < 4.78 is 0. The lowest BCUT2D eigenvalue weighted by Crippen LogP contribution is -2.10. The van der Waals surface area contributed by atoms with E-state index in [-0.39, 0.29) is 0 Å². The molecule has 1 aliphatic rings. The normalized spacial score (nSPS) is 17.7. The number of benzene rings is 1. The van der Waals surface area contributed by atoms with Crippen molar-refractivity contribution in [2.45, 2.75) is 45.4 Å². The molecule has 0 atom stereocenters. The van der Waals surface area contributed by atoms with Crippen molar-refractivity contribution in [1.82, 2.24) is 9.97 Å². The van der Waals surface area contributed by atoms with Crippen LogP contribution in [0.3, 0.4) is 0 Å². The average Bonchev–Trinajstić information content (AvgIpc) is 2.71. The molecule has 2 aromatic rings. The van der Waals surface area contributed by atoms with E-state index in [9.17, 15) is 0 Å². The number of H-pyrrole nitrogens is 1. The summed E-state index contributed by atoms with van der Waals surface area (Å²) in [6, 6.07) is 6.44. The molecule has 2 nitrogen and oxygen atoms in total. The lowest BCUT2D eigenvalue weighted by atomic mass is 9.87. The van der Waals surface area contributed by atoms with Gasteiger partial charge in [-0.3, -0.25) is 0 Å². The molecule has 3 rings (SSSR count). The summed E-state index contributed by atoms with van der Waals surface area (Å²) in [5.74, 6) is 2.03. The Morgan fingerprint density at radius 3 is 2.88 bits per heavy atom. The number of nitrogens with zero attached hydrogens (tertiary/aromatic N) is 1. The molecular weight excluding hydrogens is 208 g/mol. The number of nitrogens with one attached hydrogen (secondary N) is 1. The van der Waals surface area contributed by atoms with Crippen molar-refractivity contribution in [2.75, 3.05) is 0 Å². The van der Waals surface area contributed by atoms with Gasteiger partial charge in [-0.25, -0.2) is 4.98 Å². The Hall–Kier alpha value is -1.31. The van der Waals surface area contributed by atoms with E-state index in [2.05, 4.69) is 30.1 Å². The van der Waals surface area contributed by atoms with Crippen molar-refractivity contribution in [1.29, 1.82) is 0 Å². The molecular formula is C15H20N2. The summed E-state index contributed by atoms with van der Waals surface area (Å²) in [6.07, 6.45) is 8.14. The van der Waals surface area contributed by atoms with Crippen LogP contribution in [0.1, 0.15) is 43.5 Å². The minimum Gasteiger partial charge on any atom is -0.342 e. The highest BCUT2D eigenvalue weighted by Gasteiger charge is 2.15. The van der Waals surface area contributed by atoms with Crippen molar-refractivity contribution in [3.8, 4) is 0 Å². The largest absolute Gasteiger partial charge is 0.342 e. The summed E-state index contributed by atoms with van der Waals surface area (Å²) >= 11 is 0. The third-order valence-electron chi connectivity index (χ3n) is 3.89. The molecule has 1 N–H and O–H groups in total. The molecule has 2 heteroatoms. The topological polar surface area (TPSA) is 28.7 Å². The number of fused-ring (bicyclic) bond motifs is 1. The number of rotatable bonds is 2. The van der Waals surface area contributed by atoms with Gasteiger partial charge in [0.15, 0.2) is 0 Å². The lowest BCUT2D eigenvalue weighted by molar-refractivity contribution is 0.352. The van der Waals surface area contributed by atoms with Crippen LogP contribution >= 0.6 is 0 Å². The number of aromatic amines is 1. The average molecular weight is 228 g/mol. The van der Waals surface area contributed by atoms with Crippen molar-refractivity contribution in [2.24, 2.45) is 5.92 Å². The summed E-state index contributed by atoms with van der Waals surface area (Å²) in [5, 5.41) is 0. The molecule has 1 heterocycles. The second-order valence-corrected chi connectivity index (χ2v) is 5.41. The predicted molar refractivity (Wildman–Crippen MR) is 71.1 cm³/mol. The monoisotopic (exact) mass is 228 g/mol. The van der Waals surface area contributed by atoms with Crippen LogP contribution in [0.4, 0.5) is 0 Å². The van der Waals surface area contributed by atoms with E-state index in [1.165, 1.54) is 49.0 Å². The highest BCUT2D eigenvalue weighted by atomic mass is 14.9. The molecule has 1 fully saturated rings. The summed E-state index contributed by atoms with van der Waals surface area (Å²) in [5.41, 5.74) is 3.60. The Kier molecular flexibility index (Phi) is 2.87. The van der Waals surface area contributed by atoms with E-state index < -0.39 is 0 Å². The van der Waals surface area contributed by atoms with Gasteiger partial charge in [-0.05, 0) is 30.5 Å². The molecule has 17 heavy (non-hydrogen) atoms. The zero-order valence-corrected chi connectivity index (χ0v) is 10.5. The number of imidazole rings is 1. The van der Waals surface area contributed by atoms with Gasteiger partial charge in [-0.15, -0.1) is 0 Å². The Balaban J connectivity index is 1.80. The maximum absolute atomic E-state index is 4.69. The Morgan fingerprint density at radius 2 is 2.06 bits per heavy atom. The van der Waals surface area contributed by atoms with E-state index in [0.29, 0.717) is 0 Å². The fourth-order valence-electron chi connectivity index (χ4n) is 2.94. The van der Waals surface area contributed by atoms with E-state index in [0.717, 1.165) is 17.9 Å². The SMILES string of the molecule is Cc1ccc2nc(CC3CCCCC3)[nH]c2c1. The second kappa shape index (κ2) is 4.52. The molecule has 1 saturated carbocycles. The quantitative estimate of drug-likeness (QED) is 0.827. The predicted octanol–water partition coefficient (Wildman–Crippen LogP) is 3.99. The molecule has 0 bridgehead atoms.